The fraction of sp³-hybridized carbons (Fsp3) is 0.500. The van der Waals surface area contributed by atoms with Gasteiger partial charge in [0.25, 0.3) is 0 Å². The lowest BCUT2D eigenvalue weighted by molar-refractivity contribution is 0.401. The fourth-order valence-electron chi connectivity index (χ4n) is 1.81. The van der Waals surface area contributed by atoms with Crippen LogP contribution >= 0.6 is 0 Å². The molecule has 9 heteroatoms. The number of nitrogens with two attached hydrogens (primary N) is 1. The number of hydrazine groups is 1. The number of nitrogens with one attached hydrogen (secondary N) is 1. The zero-order chi connectivity index (χ0) is 15.2. The van der Waals surface area contributed by atoms with Crippen LogP contribution in [0.1, 0.15) is 6.42 Å². The smallest absolute Gasteiger partial charge is 0.243 e. The minimum Gasteiger partial charge on any atom is -0.344 e. The lowest BCUT2D eigenvalue weighted by Gasteiger charge is -2.19. The summed E-state index contributed by atoms with van der Waals surface area (Å²) in [6.45, 7) is 1.85. The van der Waals surface area contributed by atoms with Crippen molar-refractivity contribution in [2.45, 2.75) is 6.42 Å². The van der Waals surface area contributed by atoms with E-state index in [1.54, 1.807) is 23.3 Å². The minimum atomic E-state index is 0.322. The van der Waals surface area contributed by atoms with Crippen molar-refractivity contribution in [1.82, 2.24) is 29.4 Å². The molecule has 114 valence electrons. The average molecular weight is 291 g/mol. The van der Waals surface area contributed by atoms with Crippen LogP contribution in [0.2, 0.25) is 0 Å². The maximum atomic E-state index is 5.43. The van der Waals surface area contributed by atoms with Crippen LogP contribution in [0, 0.1) is 0 Å². The number of aromatic nitrogens is 5. The Morgan fingerprint density at radius 1 is 1.19 bits per heavy atom. The van der Waals surface area contributed by atoms with E-state index in [0.717, 1.165) is 19.5 Å². The molecule has 0 aromatic carbocycles. The van der Waals surface area contributed by atoms with Gasteiger partial charge in [0.1, 0.15) is 6.33 Å². The molecular formula is C12H21N9. The van der Waals surface area contributed by atoms with Gasteiger partial charge in [-0.15, -0.1) is 0 Å². The van der Waals surface area contributed by atoms with Crippen LogP contribution in [0.15, 0.2) is 18.7 Å². The molecule has 3 N–H and O–H groups in total. The number of nitrogen functional groups attached to an aromatic ring is 1. The van der Waals surface area contributed by atoms with Gasteiger partial charge in [-0.05, 0) is 27.1 Å². The number of imidazole rings is 1. The molecule has 9 nitrogen and oxygen atoms in total. The molecule has 0 saturated carbocycles. The molecule has 0 aliphatic rings. The molecule has 2 aromatic heterocycles. The summed E-state index contributed by atoms with van der Waals surface area (Å²) < 4.78 is 1.71. The first-order chi connectivity index (χ1) is 10.1. The monoisotopic (exact) mass is 291 g/mol. The summed E-state index contributed by atoms with van der Waals surface area (Å²) in [5.41, 5.74) is 2.47. The highest BCUT2D eigenvalue weighted by atomic mass is 15.4. The largest absolute Gasteiger partial charge is 0.344 e. The third-order valence-corrected chi connectivity index (χ3v) is 2.92. The Morgan fingerprint density at radius 3 is 2.62 bits per heavy atom. The molecule has 0 aliphatic carbocycles. The lowest BCUT2D eigenvalue weighted by Crippen LogP contribution is -2.26. The second kappa shape index (κ2) is 6.95. The van der Waals surface area contributed by atoms with Crippen molar-refractivity contribution < 1.29 is 0 Å². The Bertz CT molecular complexity index is 552. The zero-order valence-electron chi connectivity index (χ0n) is 12.6. The second-order valence-corrected chi connectivity index (χ2v) is 4.95. The van der Waals surface area contributed by atoms with Gasteiger partial charge >= 0.3 is 0 Å². The van der Waals surface area contributed by atoms with E-state index in [9.17, 15) is 0 Å². The summed E-state index contributed by atoms with van der Waals surface area (Å²) >= 11 is 0. The van der Waals surface area contributed by atoms with Crippen molar-refractivity contribution in [1.29, 1.82) is 0 Å². The Morgan fingerprint density at radius 2 is 2.00 bits per heavy atom. The van der Waals surface area contributed by atoms with Gasteiger partial charge in [0.05, 0.1) is 0 Å². The molecular weight excluding hydrogens is 270 g/mol. The Balaban J connectivity index is 2.16. The van der Waals surface area contributed by atoms with E-state index in [1.165, 1.54) is 0 Å². The Hall–Kier alpha value is -2.26. The van der Waals surface area contributed by atoms with E-state index in [-0.39, 0.29) is 0 Å². The molecule has 0 saturated heterocycles. The first kappa shape index (κ1) is 15.1. The lowest BCUT2D eigenvalue weighted by atomic mass is 10.4. The van der Waals surface area contributed by atoms with Crippen LogP contribution in [0.4, 0.5) is 11.9 Å². The van der Waals surface area contributed by atoms with E-state index in [4.69, 9.17) is 5.84 Å². The van der Waals surface area contributed by atoms with Gasteiger partial charge in [-0.25, -0.2) is 10.8 Å². The molecule has 21 heavy (non-hydrogen) atoms. The molecule has 2 rings (SSSR count). The van der Waals surface area contributed by atoms with Crippen molar-refractivity contribution in [3.8, 4) is 5.95 Å². The number of anilines is 2. The Labute approximate surface area is 123 Å². The molecule has 0 atom stereocenters. The van der Waals surface area contributed by atoms with Gasteiger partial charge in [0.15, 0.2) is 0 Å². The molecule has 0 spiro atoms. The average Bonchev–Trinajstić information content (AvgIpc) is 3.00. The topological polar surface area (TPSA) is 101 Å². The summed E-state index contributed by atoms with van der Waals surface area (Å²) in [6, 6.07) is 0. The van der Waals surface area contributed by atoms with E-state index >= 15 is 0 Å². The van der Waals surface area contributed by atoms with Crippen molar-refractivity contribution in [3.05, 3.63) is 18.7 Å². The maximum Gasteiger partial charge on any atom is 0.243 e. The van der Waals surface area contributed by atoms with Crippen LogP contribution < -0.4 is 16.2 Å². The molecule has 0 bridgehead atoms. The second-order valence-electron chi connectivity index (χ2n) is 4.95. The highest BCUT2D eigenvalue weighted by Crippen LogP contribution is 2.11. The molecule has 0 amide bonds. The van der Waals surface area contributed by atoms with Crippen LogP contribution in [-0.2, 0) is 0 Å². The van der Waals surface area contributed by atoms with Crippen LogP contribution in [0.3, 0.4) is 0 Å². The molecule has 0 aliphatic heterocycles. The van der Waals surface area contributed by atoms with Crippen LogP contribution in [0.25, 0.3) is 5.95 Å². The van der Waals surface area contributed by atoms with Gasteiger partial charge in [0.2, 0.25) is 17.8 Å². The molecule has 0 unspecified atom stereocenters. The standard InChI is InChI=1S/C12H21N9/c1-19(2)6-4-7-20(3)11-15-10(18-13)16-12(17-11)21-8-5-14-9-21/h5,8-9H,4,6-7,13H2,1-3H3,(H,15,16,17,18). The number of rotatable bonds is 7. The third-order valence-electron chi connectivity index (χ3n) is 2.92. The van der Waals surface area contributed by atoms with Gasteiger partial charge < -0.3 is 9.80 Å². The summed E-state index contributed by atoms with van der Waals surface area (Å²) in [7, 11) is 6.05. The predicted molar refractivity (Wildman–Crippen MR) is 81.2 cm³/mol. The van der Waals surface area contributed by atoms with Gasteiger partial charge in [-0.2, -0.15) is 15.0 Å². The third kappa shape index (κ3) is 4.10. The summed E-state index contributed by atoms with van der Waals surface area (Å²) in [6.07, 6.45) is 6.08. The van der Waals surface area contributed by atoms with Crippen molar-refractivity contribution in [2.75, 3.05) is 44.6 Å². The highest BCUT2D eigenvalue weighted by molar-refractivity contribution is 5.38. The number of hydrogen-bond donors (Lipinski definition) is 2. The normalized spacial score (nSPS) is 10.9. The van der Waals surface area contributed by atoms with E-state index in [2.05, 4.69) is 44.4 Å². The number of nitrogens with zero attached hydrogens (tertiary/aromatic N) is 7. The fourth-order valence-corrected chi connectivity index (χ4v) is 1.81. The minimum absolute atomic E-state index is 0.322. The van der Waals surface area contributed by atoms with E-state index < -0.39 is 0 Å². The first-order valence-electron chi connectivity index (χ1n) is 6.67. The van der Waals surface area contributed by atoms with Crippen molar-refractivity contribution in [3.63, 3.8) is 0 Å². The van der Waals surface area contributed by atoms with Crippen LogP contribution in [-0.4, -0.2) is 63.6 Å². The van der Waals surface area contributed by atoms with E-state index in [0.29, 0.717) is 17.8 Å². The zero-order valence-corrected chi connectivity index (χ0v) is 12.6. The highest BCUT2D eigenvalue weighted by Gasteiger charge is 2.11. The molecule has 0 radical (unpaired) electrons. The Kier molecular flexibility index (Phi) is 5.01. The van der Waals surface area contributed by atoms with Crippen molar-refractivity contribution >= 4 is 11.9 Å². The summed E-state index contributed by atoms with van der Waals surface area (Å²) in [4.78, 5) is 21.0. The maximum absolute atomic E-state index is 5.43. The molecule has 2 aromatic rings. The predicted octanol–water partition coefficient (Wildman–Crippen LogP) is -0.269. The number of hydrogen-bond acceptors (Lipinski definition) is 8. The van der Waals surface area contributed by atoms with Gasteiger partial charge in [-0.1, -0.05) is 0 Å². The van der Waals surface area contributed by atoms with Gasteiger partial charge in [-0.3, -0.25) is 9.99 Å². The first-order valence-corrected chi connectivity index (χ1v) is 6.67. The van der Waals surface area contributed by atoms with Crippen LogP contribution in [0.5, 0.6) is 0 Å². The van der Waals surface area contributed by atoms with Gasteiger partial charge in [0, 0.05) is 26.0 Å². The molecule has 0 fully saturated rings. The summed E-state index contributed by atoms with van der Waals surface area (Å²) in [5, 5.41) is 0. The SMILES string of the molecule is CN(C)CCCN(C)c1nc(NN)nc(-n2ccnc2)n1. The van der Waals surface area contributed by atoms with Crippen molar-refractivity contribution in [2.24, 2.45) is 5.84 Å². The quantitative estimate of drug-likeness (QED) is 0.531. The van der Waals surface area contributed by atoms with E-state index in [1.807, 2.05) is 11.9 Å². The molecule has 2 heterocycles. The summed E-state index contributed by atoms with van der Waals surface area (Å²) in [5.74, 6) is 6.80.